The number of carbonyl (C=O) groups is 1. The molecule has 0 bridgehead atoms. The molecule has 4 rings (SSSR count). The number of anilines is 3. The van der Waals surface area contributed by atoms with Crippen LogP contribution in [0, 0.1) is 5.41 Å². The molecule has 2 aliphatic heterocycles. The molecule has 10 nitrogen and oxygen atoms in total. The van der Waals surface area contributed by atoms with E-state index in [0.29, 0.717) is 31.9 Å². The number of hydrogen-bond donors (Lipinski definition) is 2. The zero-order valence-corrected chi connectivity index (χ0v) is 19.1. The third-order valence-corrected chi connectivity index (χ3v) is 6.11. The number of alkyl halides is 3. The Morgan fingerprint density at radius 3 is 2.80 bits per heavy atom. The number of Topliss-reactive ketones (excluding diaryl/α,β-unsaturated/α-hetero) is 1. The Hall–Kier alpha value is -3.48. The molecular formula is C22H26F3N7O3. The molecule has 35 heavy (non-hydrogen) atoms. The molecule has 0 spiro atoms. The van der Waals surface area contributed by atoms with Gasteiger partial charge in [0.2, 0.25) is 5.95 Å². The van der Waals surface area contributed by atoms with Crippen molar-refractivity contribution in [2.24, 2.45) is 0 Å². The summed E-state index contributed by atoms with van der Waals surface area (Å²) in [5.74, 6) is -0.0215. The SMILES string of the molecule is CNc1ccc(C(=O)CN2c3nc(N4CCO[C@@H](CC=N)C4)cc(=O)n3CC[C@H]2C(F)(F)F)cn1. The number of pyridine rings is 1. The van der Waals surface area contributed by atoms with Crippen molar-refractivity contribution < 1.29 is 22.7 Å². The predicted octanol–water partition coefficient (Wildman–Crippen LogP) is 1.95. The van der Waals surface area contributed by atoms with E-state index in [1.54, 1.807) is 18.0 Å². The van der Waals surface area contributed by atoms with E-state index in [1.807, 2.05) is 0 Å². The van der Waals surface area contributed by atoms with E-state index in [2.05, 4.69) is 15.3 Å². The van der Waals surface area contributed by atoms with Crippen LogP contribution in [-0.4, -0.2) is 78.1 Å². The van der Waals surface area contributed by atoms with E-state index in [-0.39, 0.29) is 36.4 Å². The molecule has 0 saturated carbocycles. The van der Waals surface area contributed by atoms with E-state index in [1.165, 1.54) is 29.1 Å². The number of ketones is 1. The average Bonchev–Trinajstić information content (AvgIpc) is 2.84. The number of aromatic nitrogens is 3. The van der Waals surface area contributed by atoms with Crippen molar-refractivity contribution in [1.29, 1.82) is 5.41 Å². The Kier molecular flexibility index (Phi) is 7.05. The minimum absolute atomic E-state index is 0.156. The second kappa shape index (κ2) is 10.0. The molecule has 0 amide bonds. The summed E-state index contributed by atoms with van der Waals surface area (Å²) in [4.78, 5) is 37.0. The molecule has 0 aromatic carbocycles. The number of morpholine rings is 1. The number of nitrogens with one attached hydrogen (secondary N) is 2. The van der Waals surface area contributed by atoms with Crippen molar-refractivity contribution in [2.75, 3.05) is 48.4 Å². The fourth-order valence-electron chi connectivity index (χ4n) is 4.30. The van der Waals surface area contributed by atoms with Crippen LogP contribution in [0.3, 0.4) is 0 Å². The van der Waals surface area contributed by atoms with Crippen molar-refractivity contribution in [2.45, 2.75) is 37.7 Å². The number of halogens is 3. The molecule has 0 radical (unpaired) electrons. The Labute approximate surface area is 199 Å². The first kappa shape index (κ1) is 24.6. The maximum absolute atomic E-state index is 14.0. The van der Waals surface area contributed by atoms with Gasteiger partial charge in [0, 0.05) is 50.9 Å². The van der Waals surface area contributed by atoms with Crippen LogP contribution in [0.25, 0.3) is 0 Å². The summed E-state index contributed by atoms with van der Waals surface area (Å²) in [6, 6.07) is 2.38. The molecule has 0 unspecified atom stereocenters. The van der Waals surface area contributed by atoms with Gasteiger partial charge in [-0.05, 0) is 24.8 Å². The van der Waals surface area contributed by atoms with Gasteiger partial charge in [-0.2, -0.15) is 18.2 Å². The molecule has 2 aromatic heterocycles. The second-order valence-corrected chi connectivity index (χ2v) is 8.36. The van der Waals surface area contributed by atoms with Gasteiger partial charge in [0.05, 0.1) is 19.3 Å². The van der Waals surface area contributed by atoms with Crippen molar-refractivity contribution in [3.05, 3.63) is 40.3 Å². The summed E-state index contributed by atoms with van der Waals surface area (Å²) in [7, 11) is 1.66. The molecule has 2 aromatic rings. The number of rotatable bonds is 7. The summed E-state index contributed by atoms with van der Waals surface area (Å²) >= 11 is 0. The molecule has 2 N–H and O–H groups in total. The minimum atomic E-state index is -4.62. The van der Waals surface area contributed by atoms with Crippen molar-refractivity contribution in [3.8, 4) is 0 Å². The monoisotopic (exact) mass is 493 g/mol. The van der Waals surface area contributed by atoms with Crippen LogP contribution >= 0.6 is 0 Å². The first-order valence-electron chi connectivity index (χ1n) is 11.2. The second-order valence-electron chi connectivity index (χ2n) is 8.36. The lowest BCUT2D eigenvalue weighted by molar-refractivity contribution is -0.152. The summed E-state index contributed by atoms with van der Waals surface area (Å²) < 4.78 is 48.7. The fourth-order valence-corrected chi connectivity index (χ4v) is 4.30. The number of carbonyl (C=O) groups excluding carboxylic acids is 1. The number of hydrogen-bond acceptors (Lipinski definition) is 9. The van der Waals surface area contributed by atoms with Gasteiger partial charge < -0.3 is 25.3 Å². The van der Waals surface area contributed by atoms with Gasteiger partial charge in [0.1, 0.15) is 17.7 Å². The topological polar surface area (TPSA) is 116 Å². The van der Waals surface area contributed by atoms with Gasteiger partial charge in [-0.1, -0.05) is 0 Å². The van der Waals surface area contributed by atoms with Crippen molar-refractivity contribution in [1.82, 2.24) is 14.5 Å². The first-order valence-corrected chi connectivity index (χ1v) is 11.2. The highest BCUT2D eigenvalue weighted by Crippen LogP contribution is 2.34. The predicted molar refractivity (Wildman–Crippen MR) is 124 cm³/mol. The summed E-state index contributed by atoms with van der Waals surface area (Å²) in [6.45, 7) is 0.307. The van der Waals surface area contributed by atoms with Gasteiger partial charge in [-0.3, -0.25) is 14.2 Å². The largest absolute Gasteiger partial charge is 0.408 e. The summed E-state index contributed by atoms with van der Waals surface area (Å²) in [5, 5.41) is 10.1. The quantitative estimate of drug-likeness (QED) is 0.444. The molecule has 1 fully saturated rings. The summed E-state index contributed by atoms with van der Waals surface area (Å²) in [5.41, 5.74) is -0.332. The van der Waals surface area contributed by atoms with E-state index in [4.69, 9.17) is 10.1 Å². The molecular weight excluding hydrogens is 467 g/mol. The molecule has 0 aliphatic carbocycles. The van der Waals surface area contributed by atoms with Crippen LogP contribution in [0.1, 0.15) is 23.2 Å². The highest BCUT2D eigenvalue weighted by molar-refractivity contribution is 5.99. The maximum atomic E-state index is 14.0. The number of nitrogens with zero attached hydrogens (tertiary/aromatic N) is 5. The minimum Gasteiger partial charge on any atom is -0.374 e. The van der Waals surface area contributed by atoms with E-state index >= 15 is 0 Å². The van der Waals surface area contributed by atoms with E-state index in [0.717, 1.165) is 4.90 Å². The Morgan fingerprint density at radius 2 is 2.14 bits per heavy atom. The highest BCUT2D eigenvalue weighted by atomic mass is 19.4. The van der Waals surface area contributed by atoms with Gasteiger partial charge >= 0.3 is 6.18 Å². The molecule has 2 atom stereocenters. The lowest BCUT2D eigenvalue weighted by Gasteiger charge is -2.39. The molecule has 2 aliphatic rings. The number of ether oxygens (including phenoxy) is 1. The van der Waals surface area contributed by atoms with Crippen LogP contribution in [0.4, 0.5) is 30.8 Å². The van der Waals surface area contributed by atoms with E-state index in [9.17, 15) is 22.8 Å². The Balaban J connectivity index is 1.69. The summed E-state index contributed by atoms with van der Waals surface area (Å²) in [6.07, 6.45) is -2.38. The lowest BCUT2D eigenvalue weighted by Crippen LogP contribution is -2.54. The standard InChI is InChI=1S/C22H26F3N7O3/c1-27-18-3-2-14(11-28-18)16(33)13-32-17(22(23,24)25)5-7-31-20(34)10-19(29-21(31)32)30-8-9-35-15(12-30)4-6-26/h2-3,6,10-11,15,17,26H,4-5,7-9,12-13H2,1H3,(H,27,28)/t15-,17-/m0/s1. The zero-order valence-electron chi connectivity index (χ0n) is 19.1. The normalized spacial score (nSPS) is 20.3. The molecule has 4 heterocycles. The third kappa shape index (κ3) is 5.29. The van der Waals surface area contributed by atoms with Gasteiger partial charge in [0.25, 0.3) is 5.56 Å². The zero-order chi connectivity index (χ0) is 25.2. The van der Waals surface area contributed by atoms with Crippen LogP contribution in [0.15, 0.2) is 29.2 Å². The maximum Gasteiger partial charge on any atom is 0.408 e. The molecule has 13 heteroatoms. The average molecular weight is 493 g/mol. The first-order chi connectivity index (χ1) is 16.7. The van der Waals surface area contributed by atoms with Crippen molar-refractivity contribution >= 4 is 29.6 Å². The molecule has 188 valence electrons. The van der Waals surface area contributed by atoms with Crippen LogP contribution in [0.2, 0.25) is 0 Å². The van der Waals surface area contributed by atoms with Gasteiger partial charge in [-0.25, -0.2) is 4.98 Å². The van der Waals surface area contributed by atoms with Gasteiger partial charge in [0.15, 0.2) is 5.78 Å². The highest BCUT2D eigenvalue weighted by Gasteiger charge is 2.47. The van der Waals surface area contributed by atoms with Crippen molar-refractivity contribution in [3.63, 3.8) is 0 Å². The van der Waals surface area contributed by atoms with E-state index < -0.39 is 30.1 Å². The molecule has 1 saturated heterocycles. The third-order valence-electron chi connectivity index (χ3n) is 6.11. The van der Waals surface area contributed by atoms with Crippen LogP contribution in [-0.2, 0) is 11.3 Å². The Bertz CT molecular complexity index is 1140. The smallest absolute Gasteiger partial charge is 0.374 e. The fraction of sp³-hybridized carbons (Fsp3) is 0.500. The van der Waals surface area contributed by atoms with Gasteiger partial charge in [-0.15, -0.1) is 0 Å². The number of fused-ring (bicyclic) bond motifs is 1. The lowest BCUT2D eigenvalue weighted by atomic mass is 10.1. The Morgan fingerprint density at radius 1 is 1.34 bits per heavy atom. The van der Waals surface area contributed by atoms with Crippen LogP contribution < -0.4 is 20.7 Å². The van der Waals surface area contributed by atoms with Crippen LogP contribution in [0.5, 0.6) is 0 Å².